The van der Waals surface area contributed by atoms with Crippen molar-refractivity contribution in [3.05, 3.63) is 0 Å². The SMILES string of the molecule is Cl.Cl.O=C([O-])CC(=O)[O-].[Mg+2]. The van der Waals surface area contributed by atoms with Crippen LogP contribution in [0.25, 0.3) is 0 Å². The van der Waals surface area contributed by atoms with Crippen LogP contribution in [0.2, 0.25) is 0 Å². The van der Waals surface area contributed by atoms with Gasteiger partial charge in [-0.1, -0.05) is 0 Å². The standard InChI is InChI=1S/C3H4O4.2ClH.Mg/c4-2(5)1-3(6)7;;;/h1H2,(H,4,5)(H,6,7);2*1H;/q;;;+2/p-2. The van der Waals surface area contributed by atoms with Crippen molar-refractivity contribution >= 4 is 59.8 Å². The molecule has 0 atom stereocenters. The van der Waals surface area contributed by atoms with Crippen LogP contribution in [-0.2, 0) is 9.59 Å². The molecule has 0 aromatic heterocycles. The van der Waals surface area contributed by atoms with Gasteiger partial charge in [0, 0.05) is 18.4 Å². The van der Waals surface area contributed by atoms with Crippen molar-refractivity contribution in [1.29, 1.82) is 0 Å². The van der Waals surface area contributed by atoms with Gasteiger partial charge in [-0.05, 0) is 0 Å². The first kappa shape index (κ1) is 22.4. The quantitative estimate of drug-likeness (QED) is 0.359. The predicted octanol–water partition coefficient (Wildman–Crippen LogP) is -2.66. The molecule has 0 rings (SSSR count). The summed E-state index contributed by atoms with van der Waals surface area (Å²) >= 11 is 0. The third kappa shape index (κ3) is 23.9. The number of carboxylic acids is 2. The molecule has 0 heterocycles. The van der Waals surface area contributed by atoms with Crippen molar-refractivity contribution in [3.8, 4) is 0 Å². The van der Waals surface area contributed by atoms with E-state index in [1.165, 1.54) is 0 Å². The summed E-state index contributed by atoms with van der Waals surface area (Å²) in [4.78, 5) is 18.6. The third-order valence-electron chi connectivity index (χ3n) is 0.289. The van der Waals surface area contributed by atoms with Gasteiger partial charge in [0.05, 0.1) is 0 Å². The molecule has 0 N–H and O–H groups in total. The first-order valence-corrected chi connectivity index (χ1v) is 1.52. The van der Waals surface area contributed by atoms with Gasteiger partial charge in [-0.15, -0.1) is 24.8 Å². The van der Waals surface area contributed by atoms with Crippen LogP contribution < -0.4 is 10.2 Å². The zero-order valence-corrected chi connectivity index (χ0v) is 7.91. The molecule has 0 aliphatic carbocycles. The minimum atomic E-state index is -1.63. The third-order valence-corrected chi connectivity index (χ3v) is 0.289. The van der Waals surface area contributed by atoms with Crippen molar-refractivity contribution in [2.24, 2.45) is 0 Å². The fraction of sp³-hybridized carbons (Fsp3) is 0.333. The summed E-state index contributed by atoms with van der Waals surface area (Å²) in [5.41, 5.74) is 0. The molecule has 0 aromatic carbocycles. The first-order valence-electron chi connectivity index (χ1n) is 1.52. The molecule has 0 saturated heterocycles. The van der Waals surface area contributed by atoms with Gasteiger partial charge in [-0.25, -0.2) is 0 Å². The molecule has 0 aliphatic heterocycles. The summed E-state index contributed by atoms with van der Waals surface area (Å²) in [6.45, 7) is 0. The van der Waals surface area contributed by atoms with Crippen molar-refractivity contribution in [3.63, 3.8) is 0 Å². The molecule has 0 saturated carbocycles. The van der Waals surface area contributed by atoms with Gasteiger partial charge in [-0.2, -0.15) is 0 Å². The predicted molar refractivity (Wildman–Crippen MR) is 34.9 cm³/mol. The topological polar surface area (TPSA) is 80.3 Å². The maximum absolute atomic E-state index is 9.28. The van der Waals surface area contributed by atoms with Crippen molar-refractivity contribution in [2.75, 3.05) is 0 Å². The Balaban J connectivity index is -0.0000000600. The number of rotatable bonds is 2. The van der Waals surface area contributed by atoms with Crippen molar-refractivity contribution in [1.82, 2.24) is 0 Å². The van der Waals surface area contributed by atoms with Crippen molar-refractivity contribution < 1.29 is 19.8 Å². The number of halogens is 2. The van der Waals surface area contributed by atoms with E-state index >= 15 is 0 Å². The van der Waals surface area contributed by atoms with E-state index in [9.17, 15) is 19.8 Å². The molecule has 0 radical (unpaired) electrons. The number of carbonyl (C=O) groups excluding carboxylic acids is 2. The van der Waals surface area contributed by atoms with Crippen molar-refractivity contribution in [2.45, 2.75) is 6.42 Å². The molecule has 0 bridgehead atoms. The minimum Gasteiger partial charge on any atom is -0.550 e. The van der Waals surface area contributed by atoms with Gasteiger partial charge < -0.3 is 19.8 Å². The second-order valence-electron chi connectivity index (χ2n) is 0.921. The molecule has 0 unspecified atom stereocenters. The Hall–Kier alpha value is 0.286. The largest absolute Gasteiger partial charge is 2.00 e. The fourth-order valence-corrected chi connectivity index (χ4v) is 0.118. The number of carbonyl (C=O) groups is 2. The van der Waals surface area contributed by atoms with E-state index < -0.39 is 18.4 Å². The Morgan fingerprint density at radius 3 is 1.20 bits per heavy atom. The summed E-state index contributed by atoms with van der Waals surface area (Å²) in [5, 5.41) is 18.6. The van der Waals surface area contributed by atoms with Gasteiger partial charge in [0.1, 0.15) is 0 Å². The number of hydrogen-bond donors (Lipinski definition) is 0. The summed E-state index contributed by atoms with van der Waals surface area (Å²) in [6.07, 6.45) is -1.03. The van der Waals surface area contributed by atoms with Crippen LogP contribution in [0.4, 0.5) is 0 Å². The normalized spacial score (nSPS) is 5.60. The number of carboxylic acid groups (broad SMARTS) is 2. The monoisotopic (exact) mass is 198 g/mol. The van der Waals surface area contributed by atoms with Crippen LogP contribution in [0.5, 0.6) is 0 Å². The second-order valence-corrected chi connectivity index (χ2v) is 0.921. The second kappa shape index (κ2) is 12.0. The van der Waals surface area contributed by atoms with E-state index in [4.69, 9.17) is 0 Å². The van der Waals surface area contributed by atoms with Gasteiger partial charge in [-0.3, -0.25) is 0 Å². The molecule has 0 fully saturated rings. The molecule has 56 valence electrons. The Labute approximate surface area is 86.0 Å². The zero-order valence-electron chi connectivity index (χ0n) is 4.86. The van der Waals surface area contributed by atoms with Gasteiger partial charge in [0.15, 0.2) is 0 Å². The summed E-state index contributed by atoms with van der Waals surface area (Å²) in [6, 6.07) is 0. The molecular formula is C3H4Cl2MgO4. The van der Waals surface area contributed by atoms with Crippen LogP contribution in [-0.4, -0.2) is 35.0 Å². The van der Waals surface area contributed by atoms with E-state index in [-0.39, 0.29) is 47.9 Å². The van der Waals surface area contributed by atoms with Gasteiger partial charge in [0.25, 0.3) is 0 Å². The number of hydrogen-bond acceptors (Lipinski definition) is 4. The van der Waals surface area contributed by atoms with Crippen LogP contribution in [0.1, 0.15) is 6.42 Å². The molecule has 0 aromatic rings. The average molecular weight is 199 g/mol. The van der Waals surface area contributed by atoms with Crippen LogP contribution in [0.3, 0.4) is 0 Å². The van der Waals surface area contributed by atoms with E-state index in [0.29, 0.717) is 0 Å². The van der Waals surface area contributed by atoms with E-state index in [0.717, 1.165) is 0 Å². The molecule has 10 heavy (non-hydrogen) atoms. The van der Waals surface area contributed by atoms with E-state index in [2.05, 4.69) is 0 Å². The van der Waals surface area contributed by atoms with E-state index in [1.54, 1.807) is 0 Å². The Morgan fingerprint density at radius 2 is 1.20 bits per heavy atom. The smallest absolute Gasteiger partial charge is 0.550 e. The average Bonchev–Trinajstić information content (AvgIpc) is 1.27. The van der Waals surface area contributed by atoms with Gasteiger partial charge in [0.2, 0.25) is 0 Å². The Bertz CT molecular complexity index is 94.7. The number of aliphatic carboxylic acids is 2. The van der Waals surface area contributed by atoms with Crippen LogP contribution >= 0.6 is 24.8 Å². The Morgan fingerprint density at radius 1 is 1.00 bits per heavy atom. The molecule has 0 spiro atoms. The molecule has 4 nitrogen and oxygen atoms in total. The van der Waals surface area contributed by atoms with Crippen LogP contribution in [0.15, 0.2) is 0 Å². The fourth-order valence-electron chi connectivity index (χ4n) is 0.118. The first-order chi connectivity index (χ1) is 3.13. The minimum absolute atomic E-state index is 0. The van der Waals surface area contributed by atoms with Gasteiger partial charge >= 0.3 is 23.1 Å². The maximum Gasteiger partial charge on any atom is 2.00 e. The molecule has 0 amide bonds. The summed E-state index contributed by atoms with van der Waals surface area (Å²) in [7, 11) is 0. The zero-order chi connectivity index (χ0) is 5.86. The molecular weight excluding hydrogens is 195 g/mol. The molecule has 7 heteroatoms. The Kier molecular flexibility index (Phi) is 27.0. The van der Waals surface area contributed by atoms with E-state index in [1.807, 2.05) is 0 Å². The summed E-state index contributed by atoms with van der Waals surface area (Å²) < 4.78 is 0. The summed E-state index contributed by atoms with van der Waals surface area (Å²) in [5.74, 6) is -3.25. The maximum atomic E-state index is 9.28. The van der Waals surface area contributed by atoms with Crippen LogP contribution in [0, 0.1) is 0 Å². The molecule has 0 aliphatic rings.